The number of aromatic nitrogens is 2. The summed E-state index contributed by atoms with van der Waals surface area (Å²) in [5, 5.41) is 18.9. The van der Waals surface area contributed by atoms with Crippen molar-refractivity contribution in [3.63, 3.8) is 0 Å². The topological polar surface area (TPSA) is 68.6 Å². The fourth-order valence-electron chi connectivity index (χ4n) is 4.41. The van der Waals surface area contributed by atoms with Crippen LogP contribution in [-0.4, -0.2) is 27.5 Å². The molecule has 31 heavy (non-hydrogen) atoms. The van der Waals surface area contributed by atoms with E-state index in [0.717, 1.165) is 51.0 Å². The Labute approximate surface area is 184 Å². The van der Waals surface area contributed by atoms with Crippen molar-refractivity contribution in [3.05, 3.63) is 89.0 Å². The number of nitriles is 2. The van der Waals surface area contributed by atoms with E-state index in [-0.39, 0.29) is 5.41 Å². The van der Waals surface area contributed by atoms with Crippen molar-refractivity contribution in [2.45, 2.75) is 39.3 Å². The van der Waals surface area contributed by atoms with Crippen LogP contribution in [0.5, 0.6) is 0 Å². The highest BCUT2D eigenvalue weighted by Gasteiger charge is 2.35. The Bertz CT molecular complexity index is 1110. The lowest BCUT2D eigenvalue weighted by Gasteiger charge is -2.37. The number of piperidine rings is 1. The van der Waals surface area contributed by atoms with Crippen LogP contribution in [0.1, 0.15) is 40.8 Å². The van der Waals surface area contributed by atoms with Crippen molar-refractivity contribution < 1.29 is 0 Å². The lowest BCUT2D eigenvalue weighted by atomic mass is 9.75. The van der Waals surface area contributed by atoms with Crippen molar-refractivity contribution in [1.82, 2.24) is 14.5 Å². The highest BCUT2D eigenvalue weighted by atomic mass is 15.2. The number of hydrogen-bond donors (Lipinski definition) is 0. The molecular formula is C26H27N5. The Balaban J connectivity index is 1.37. The van der Waals surface area contributed by atoms with E-state index in [0.29, 0.717) is 5.56 Å². The van der Waals surface area contributed by atoms with Crippen LogP contribution in [0.2, 0.25) is 0 Å². The number of hydrogen-bond acceptors (Lipinski definition) is 4. The third-order valence-corrected chi connectivity index (χ3v) is 6.30. The number of likely N-dealkylation sites (tertiary alicyclic amines) is 1. The second-order valence-electron chi connectivity index (χ2n) is 8.66. The molecule has 1 aliphatic heterocycles. The van der Waals surface area contributed by atoms with Gasteiger partial charge in [0.05, 0.1) is 35.1 Å². The van der Waals surface area contributed by atoms with Crippen molar-refractivity contribution in [3.8, 4) is 12.1 Å². The number of benzene rings is 2. The predicted octanol–water partition coefficient (Wildman–Crippen LogP) is 4.46. The molecule has 0 unspecified atom stereocenters. The molecule has 5 nitrogen and oxygen atoms in total. The van der Waals surface area contributed by atoms with Crippen LogP contribution in [0.15, 0.2) is 61.1 Å². The summed E-state index contributed by atoms with van der Waals surface area (Å²) in [5.74, 6) is 0. The summed E-state index contributed by atoms with van der Waals surface area (Å²) >= 11 is 0. The Hall–Kier alpha value is -3.41. The lowest BCUT2D eigenvalue weighted by Crippen LogP contribution is -2.40. The fraction of sp³-hybridized carbons (Fsp3) is 0.346. The van der Waals surface area contributed by atoms with Gasteiger partial charge < -0.3 is 4.57 Å². The third-order valence-electron chi connectivity index (χ3n) is 6.30. The van der Waals surface area contributed by atoms with Gasteiger partial charge in [0.2, 0.25) is 0 Å². The standard InChI is InChI=1S/C26H27N5/c1-21-3-2-4-24(13-21)14-26(19-28)9-11-30(12-10-26)18-25-16-29-20-31(25)17-23-7-5-22(15-27)6-8-23/h2-8,13,16,20H,9-12,14,17-18H2,1H3. The zero-order chi connectivity index (χ0) is 21.7. The molecule has 156 valence electrons. The van der Waals surface area contributed by atoms with Gasteiger partial charge in [-0.1, -0.05) is 42.0 Å². The van der Waals surface area contributed by atoms with Gasteiger partial charge in [0.25, 0.3) is 0 Å². The molecule has 3 aromatic rings. The molecule has 1 aromatic heterocycles. The number of nitrogens with zero attached hydrogens (tertiary/aromatic N) is 5. The normalized spacial score (nSPS) is 15.8. The van der Waals surface area contributed by atoms with Gasteiger partial charge in [-0.05, 0) is 49.4 Å². The van der Waals surface area contributed by atoms with E-state index in [1.54, 1.807) is 0 Å². The molecule has 0 bridgehead atoms. The summed E-state index contributed by atoms with van der Waals surface area (Å²) in [6, 6.07) is 21.0. The van der Waals surface area contributed by atoms with E-state index >= 15 is 0 Å². The molecule has 0 N–H and O–H groups in total. The van der Waals surface area contributed by atoms with Crippen molar-refractivity contribution >= 4 is 0 Å². The smallest absolute Gasteiger partial charge is 0.0991 e. The maximum Gasteiger partial charge on any atom is 0.0991 e. The molecule has 1 fully saturated rings. The van der Waals surface area contributed by atoms with E-state index in [1.807, 2.05) is 36.8 Å². The monoisotopic (exact) mass is 409 g/mol. The largest absolute Gasteiger partial charge is 0.329 e. The highest BCUT2D eigenvalue weighted by Crippen LogP contribution is 2.35. The minimum atomic E-state index is -0.271. The maximum absolute atomic E-state index is 9.96. The van der Waals surface area contributed by atoms with Gasteiger partial charge in [-0.25, -0.2) is 4.98 Å². The Morgan fingerprint density at radius 2 is 1.77 bits per heavy atom. The van der Waals surface area contributed by atoms with Gasteiger partial charge in [0.1, 0.15) is 0 Å². The molecule has 1 saturated heterocycles. The van der Waals surface area contributed by atoms with Gasteiger partial charge in [-0.3, -0.25) is 4.90 Å². The fourth-order valence-corrected chi connectivity index (χ4v) is 4.41. The summed E-state index contributed by atoms with van der Waals surface area (Å²) < 4.78 is 2.17. The summed E-state index contributed by atoms with van der Waals surface area (Å²) in [4.78, 5) is 6.79. The zero-order valence-corrected chi connectivity index (χ0v) is 18.0. The molecule has 0 radical (unpaired) electrons. The summed E-state index contributed by atoms with van der Waals surface area (Å²) in [7, 11) is 0. The first kappa shape index (κ1) is 20.8. The molecule has 0 atom stereocenters. The summed E-state index contributed by atoms with van der Waals surface area (Å²) in [6.07, 6.45) is 6.41. The molecule has 0 aliphatic carbocycles. The third kappa shape index (κ3) is 5.02. The van der Waals surface area contributed by atoms with Crippen molar-refractivity contribution in [2.75, 3.05) is 13.1 Å². The molecule has 2 heterocycles. The van der Waals surface area contributed by atoms with Crippen LogP contribution >= 0.6 is 0 Å². The summed E-state index contributed by atoms with van der Waals surface area (Å²) in [6.45, 7) is 5.52. The van der Waals surface area contributed by atoms with E-state index in [2.05, 4.69) is 57.8 Å². The number of imidazole rings is 1. The Morgan fingerprint density at radius 3 is 2.45 bits per heavy atom. The quantitative estimate of drug-likeness (QED) is 0.603. The van der Waals surface area contributed by atoms with Crippen LogP contribution < -0.4 is 0 Å². The van der Waals surface area contributed by atoms with Gasteiger partial charge in [0, 0.05) is 32.4 Å². The predicted molar refractivity (Wildman–Crippen MR) is 120 cm³/mol. The first-order chi connectivity index (χ1) is 15.1. The molecule has 1 aliphatic rings. The molecule has 2 aromatic carbocycles. The van der Waals surface area contributed by atoms with E-state index < -0.39 is 0 Å². The Kier molecular flexibility index (Phi) is 6.16. The van der Waals surface area contributed by atoms with E-state index in [1.165, 1.54) is 16.8 Å². The van der Waals surface area contributed by atoms with Crippen LogP contribution in [0.4, 0.5) is 0 Å². The van der Waals surface area contributed by atoms with Crippen LogP contribution in [-0.2, 0) is 19.5 Å². The van der Waals surface area contributed by atoms with E-state index in [4.69, 9.17) is 5.26 Å². The van der Waals surface area contributed by atoms with Gasteiger partial charge in [-0.2, -0.15) is 10.5 Å². The SMILES string of the molecule is Cc1cccc(CC2(C#N)CCN(Cc3cncn3Cc3ccc(C#N)cc3)CC2)c1. The second-order valence-corrected chi connectivity index (χ2v) is 8.66. The van der Waals surface area contributed by atoms with Crippen LogP contribution in [0, 0.1) is 35.0 Å². The minimum absolute atomic E-state index is 0.271. The molecule has 0 amide bonds. The highest BCUT2D eigenvalue weighted by molar-refractivity contribution is 5.32. The average molecular weight is 410 g/mol. The van der Waals surface area contributed by atoms with Crippen LogP contribution in [0.3, 0.4) is 0 Å². The Morgan fingerprint density at radius 1 is 1.00 bits per heavy atom. The van der Waals surface area contributed by atoms with Gasteiger partial charge in [0.15, 0.2) is 0 Å². The maximum atomic E-state index is 9.96. The zero-order valence-electron chi connectivity index (χ0n) is 18.0. The molecule has 4 rings (SSSR count). The summed E-state index contributed by atoms with van der Waals surface area (Å²) in [5.41, 5.74) is 5.24. The molecule has 0 spiro atoms. The van der Waals surface area contributed by atoms with Crippen molar-refractivity contribution in [1.29, 1.82) is 10.5 Å². The number of aryl methyl sites for hydroxylation is 1. The molecule has 5 heteroatoms. The first-order valence-electron chi connectivity index (χ1n) is 10.8. The first-order valence-corrected chi connectivity index (χ1v) is 10.8. The van der Waals surface area contributed by atoms with E-state index in [9.17, 15) is 5.26 Å². The average Bonchev–Trinajstić information content (AvgIpc) is 3.22. The van der Waals surface area contributed by atoms with Crippen molar-refractivity contribution in [2.24, 2.45) is 5.41 Å². The molecule has 0 saturated carbocycles. The minimum Gasteiger partial charge on any atom is -0.329 e. The second kappa shape index (κ2) is 9.16. The number of rotatable bonds is 6. The molecular weight excluding hydrogens is 382 g/mol. The van der Waals surface area contributed by atoms with Gasteiger partial charge >= 0.3 is 0 Å². The van der Waals surface area contributed by atoms with Gasteiger partial charge in [-0.15, -0.1) is 0 Å². The van der Waals surface area contributed by atoms with Crippen LogP contribution in [0.25, 0.3) is 0 Å². The lowest BCUT2D eigenvalue weighted by molar-refractivity contribution is 0.136.